The highest BCUT2D eigenvalue weighted by Gasteiger charge is 2.20. The maximum absolute atomic E-state index is 12.5. The van der Waals surface area contributed by atoms with Crippen molar-refractivity contribution in [2.45, 2.75) is 238 Å². The molecule has 0 saturated heterocycles. The quantitative estimate of drug-likeness (QED) is 0.0683. The smallest absolute Gasteiger partial charge is 0.161 e. The molecule has 46 heavy (non-hydrogen) atoms. The Labute approximate surface area is 288 Å². The highest BCUT2D eigenvalue weighted by Crippen LogP contribution is 2.17. The molecular formula is C42H82N2O2. The van der Waals surface area contributed by atoms with Crippen LogP contribution in [-0.2, 0) is 4.79 Å². The van der Waals surface area contributed by atoms with E-state index in [0.29, 0.717) is 12.8 Å². The lowest BCUT2D eigenvalue weighted by Gasteiger charge is -2.21. The second-order valence-corrected chi connectivity index (χ2v) is 14.8. The van der Waals surface area contributed by atoms with Gasteiger partial charge in [0.1, 0.15) is 6.10 Å². The second-order valence-electron chi connectivity index (χ2n) is 14.8. The van der Waals surface area contributed by atoms with Crippen molar-refractivity contribution in [3.8, 4) is 0 Å². The number of unbranched alkanes of at least 4 members (excludes halogenated alkanes) is 29. The van der Waals surface area contributed by atoms with E-state index in [1.54, 1.807) is 0 Å². The summed E-state index contributed by atoms with van der Waals surface area (Å²) >= 11 is 0. The summed E-state index contributed by atoms with van der Waals surface area (Å²) in [6.45, 7) is 7.17. The number of aliphatic hydroxyl groups is 1. The van der Waals surface area contributed by atoms with Crippen LogP contribution in [0.2, 0.25) is 0 Å². The third-order valence-corrected chi connectivity index (χ3v) is 10.4. The summed E-state index contributed by atoms with van der Waals surface area (Å²) in [5.41, 5.74) is 0. The van der Waals surface area contributed by atoms with Gasteiger partial charge >= 0.3 is 0 Å². The lowest BCUT2D eigenvalue weighted by Crippen LogP contribution is -2.33. The molecule has 0 aromatic rings. The highest BCUT2D eigenvalue weighted by atomic mass is 16.3. The van der Waals surface area contributed by atoms with Gasteiger partial charge in [-0.15, -0.1) is 0 Å². The lowest BCUT2D eigenvalue weighted by molar-refractivity contribution is -0.127. The largest absolute Gasteiger partial charge is 0.385 e. The Balaban J connectivity index is 1.90. The Bertz CT molecular complexity index is 679. The van der Waals surface area contributed by atoms with Gasteiger partial charge in [0, 0.05) is 25.9 Å². The molecule has 0 amide bonds. The van der Waals surface area contributed by atoms with Gasteiger partial charge in [-0.3, -0.25) is 9.79 Å². The topological polar surface area (TPSA) is 52.9 Å². The van der Waals surface area contributed by atoms with Crippen molar-refractivity contribution in [3.05, 3.63) is 0 Å². The third-order valence-electron chi connectivity index (χ3n) is 10.4. The molecule has 1 N–H and O–H groups in total. The van der Waals surface area contributed by atoms with E-state index in [0.717, 1.165) is 38.9 Å². The highest BCUT2D eigenvalue weighted by molar-refractivity contribution is 5.84. The summed E-state index contributed by atoms with van der Waals surface area (Å²) in [5, 5.41) is 10.5. The first kappa shape index (κ1) is 43.1. The van der Waals surface area contributed by atoms with Crippen molar-refractivity contribution in [2.75, 3.05) is 19.6 Å². The van der Waals surface area contributed by atoms with Gasteiger partial charge in [-0.1, -0.05) is 200 Å². The van der Waals surface area contributed by atoms with Gasteiger partial charge in [0.15, 0.2) is 5.78 Å². The van der Waals surface area contributed by atoms with Crippen LogP contribution in [0, 0.1) is 0 Å². The Hall–Kier alpha value is -0.900. The van der Waals surface area contributed by atoms with E-state index in [1.165, 1.54) is 192 Å². The molecule has 0 aliphatic carbocycles. The molecule has 0 saturated carbocycles. The van der Waals surface area contributed by atoms with Gasteiger partial charge in [-0.05, 0) is 19.3 Å². The minimum Gasteiger partial charge on any atom is -0.385 e. The predicted molar refractivity (Wildman–Crippen MR) is 203 cm³/mol. The summed E-state index contributed by atoms with van der Waals surface area (Å²) in [6.07, 6.45) is 43.7. The summed E-state index contributed by atoms with van der Waals surface area (Å²) in [4.78, 5) is 19.6. The minimum absolute atomic E-state index is 0.0465. The van der Waals surface area contributed by atoms with Crippen molar-refractivity contribution >= 4 is 11.6 Å². The molecule has 1 aliphatic heterocycles. The average molecular weight is 647 g/mol. The van der Waals surface area contributed by atoms with Crippen LogP contribution < -0.4 is 0 Å². The van der Waals surface area contributed by atoms with Crippen molar-refractivity contribution in [1.82, 2.24) is 4.90 Å². The van der Waals surface area contributed by atoms with E-state index in [1.807, 2.05) is 0 Å². The number of rotatable bonds is 37. The van der Waals surface area contributed by atoms with E-state index in [2.05, 4.69) is 18.7 Å². The fraction of sp³-hybridized carbons (Fsp3) is 0.952. The standard InChI is InChI=1S/C42H82N2O2/c1-3-5-7-9-11-13-15-17-19-21-23-25-27-29-31-33-35-42-43-37-39-44(42)38-36-41(46)40(45)34-32-30-28-26-24-22-20-18-16-14-12-10-8-6-4-2/h41,46H,3-39H2,1-2H3. The summed E-state index contributed by atoms with van der Waals surface area (Å²) in [7, 11) is 0. The van der Waals surface area contributed by atoms with Crippen LogP contribution >= 0.6 is 0 Å². The number of Topliss-reactive ketones (excluding diaryl/α,β-unsaturated/α-hetero) is 1. The van der Waals surface area contributed by atoms with Crippen LogP contribution in [0.5, 0.6) is 0 Å². The number of aliphatic imine (C=N–C) groups is 1. The third kappa shape index (κ3) is 27.1. The van der Waals surface area contributed by atoms with Gasteiger partial charge in [0.05, 0.1) is 12.4 Å². The van der Waals surface area contributed by atoms with Crippen LogP contribution in [0.15, 0.2) is 4.99 Å². The second kappa shape index (κ2) is 34.0. The first-order valence-corrected chi connectivity index (χ1v) is 21.2. The van der Waals surface area contributed by atoms with Crippen LogP contribution in [0.25, 0.3) is 0 Å². The SMILES string of the molecule is CCCCCCCCCCCCCCCCCCC1=NCCN1CCC(O)C(=O)CCCCCCCCCCCCCCCCC. The predicted octanol–water partition coefficient (Wildman–Crippen LogP) is 12.9. The molecular weight excluding hydrogens is 564 g/mol. The normalized spacial score (nSPS) is 13.9. The van der Waals surface area contributed by atoms with E-state index < -0.39 is 6.10 Å². The molecule has 4 nitrogen and oxygen atoms in total. The van der Waals surface area contributed by atoms with Gasteiger partial charge in [-0.2, -0.15) is 0 Å². The molecule has 0 aromatic carbocycles. The number of hydrogen-bond donors (Lipinski definition) is 1. The molecule has 1 atom stereocenters. The summed E-state index contributed by atoms with van der Waals surface area (Å²) < 4.78 is 0. The van der Waals surface area contributed by atoms with Crippen LogP contribution in [-0.4, -0.2) is 47.4 Å². The Morgan fingerprint density at radius 1 is 0.565 bits per heavy atom. The fourth-order valence-electron chi connectivity index (χ4n) is 7.11. The monoisotopic (exact) mass is 647 g/mol. The first-order chi connectivity index (χ1) is 22.7. The van der Waals surface area contributed by atoms with Gasteiger partial charge < -0.3 is 10.0 Å². The average Bonchev–Trinajstić information content (AvgIpc) is 3.52. The molecule has 272 valence electrons. The van der Waals surface area contributed by atoms with E-state index >= 15 is 0 Å². The van der Waals surface area contributed by atoms with Gasteiger partial charge in [0.2, 0.25) is 0 Å². The zero-order valence-electron chi connectivity index (χ0n) is 31.5. The van der Waals surface area contributed by atoms with E-state index in [-0.39, 0.29) is 5.78 Å². The molecule has 1 heterocycles. The Morgan fingerprint density at radius 2 is 0.913 bits per heavy atom. The minimum atomic E-state index is -0.802. The summed E-state index contributed by atoms with van der Waals surface area (Å²) in [6, 6.07) is 0. The van der Waals surface area contributed by atoms with Crippen molar-refractivity contribution in [2.24, 2.45) is 4.99 Å². The maximum Gasteiger partial charge on any atom is 0.161 e. The van der Waals surface area contributed by atoms with Crippen molar-refractivity contribution in [1.29, 1.82) is 0 Å². The number of hydrogen-bond acceptors (Lipinski definition) is 4. The van der Waals surface area contributed by atoms with Crippen LogP contribution in [0.4, 0.5) is 0 Å². The molecule has 0 aromatic heterocycles. The van der Waals surface area contributed by atoms with Crippen LogP contribution in [0.3, 0.4) is 0 Å². The van der Waals surface area contributed by atoms with Gasteiger partial charge in [0.25, 0.3) is 0 Å². The molecule has 1 unspecified atom stereocenters. The number of ketones is 1. The summed E-state index contributed by atoms with van der Waals surface area (Å²) in [5.74, 6) is 1.26. The molecule has 0 radical (unpaired) electrons. The Morgan fingerprint density at radius 3 is 1.30 bits per heavy atom. The molecule has 4 heteroatoms. The number of amidine groups is 1. The van der Waals surface area contributed by atoms with E-state index in [9.17, 15) is 9.90 Å². The van der Waals surface area contributed by atoms with Crippen LogP contribution in [0.1, 0.15) is 232 Å². The fourth-order valence-corrected chi connectivity index (χ4v) is 7.11. The zero-order valence-corrected chi connectivity index (χ0v) is 31.5. The molecule has 1 rings (SSSR count). The first-order valence-electron chi connectivity index (χ1n) is 21.2. The van der Waals surface area contributed by atoms with Crippen molar-refractivity contribution < 1.29 is 9.90 Å². The molecule has 1 aliphatic rings. The molecule has 0 spiro atoms. The molecule has 0 fully saturated rings. The molecule has 0 bridgehead atoms. The number of nitrogens with zero attached hydrogens (tertiary/aromatic N) is 2. The van der Waals surface area contributed by atoms with Gasteiger partial charge in [-0.25, -0.2) is 0 Å². The van der Waals surface area contributed by atoms with Crippen molar-refractivity contribution in [3.63, 3.8) is 0 Å². The number of aliphatic hydroxyl groups excluding tert-OH is 1. The number of carbonyl (C=O) groups excluding carboxylic acids is 1. The van der Waals surface area contributed by atoms with E-state index in [4.69, 9.17) is 4.99 Å². The number of carbonyl (C=O) groups is 1. The zero-order chi connectivity index (χ0) is 33.2. The Kier molecular flexibility index (Phi) is 31.9. The lowest BCUT2D eigenvalue weighted by atomic mass is 10.0. The maximum atomic E-state index is 12.5.